The van der Waals surface area contributed by atoms with Crippen LogP contribution in [0, 0.1) is 0 Å². The van der Waals surface area contributed by atoms with Gasteiger partial charge in [0.05, 0.1) is 0 Å². The normalized spacial score (nSPS) is 23.1. The maximum absolute atomic E-state index is 5.72. The van der Waals surface area contributed by atoms with Gasteiger partial charge in [-0.3, -0.25) is 4.90 Å². The Morgan fingerprint density at radius 2 is 2.10 bits per heavy atom. The highest BCUT2D eigenvalue weighted by atomic mass is 16.6. The van der Waals surface area contributed by atoms with Crippen LogP contribution in [0.5, 0.6) is 11.5 Å². The molecule has 1 aromatic carbocycles. The molecule has 3 rings (SSSR count). The average molecular weight is 290 g/mol. The number of likely N-dealkylation sites (N-methyl/N-ethyl adjacent to an activating group) is 1. The summed E-state index contributed by atoms with van der Waals surface area (Å²) in [5.41, 5.74) is 1.31. The van der Waals surface area contributed by atoms with Crippen molar-refractivity contribution in [3.63, 3.8) is 0 Å². The molecule has 116 valence electrons. The molecule has 2 heterocycles. The third-order valence-electron chi connectivity index (χ3n) is 4.65. The van der Waals surface area contributed by atoms with E-state index in [0.717, 1.165) is 31.1 Å². The first-order valence-corrected chi connectivity index (χ1v) is 8.15. The monoisotopic (exact) mass is 290 g/mol. The number of rotatable bonds is 4. The Morgan fingerprint density at radius 3 is 2.81 bits per heavy atom. The first-order chi connectivity index (χ1) is 10.3. The minimum atomic E-state index is 0.399. The Hall–Kier alpha value is -1.26. The Kier molecular flexibility index (Phi) is 4.66. The predicted octanol–water partition coefficient (Wildman–Crippen LogP) is 2.59. The summed E-state index contributed by atoms with van der Waals surface area (Å²) in [5.74, 6) is 1.77. The molecule has 2 atom stereocenters. The van der Waals surface area contributed by atoms with Gasteiger partial charge in [-0.05, 0) is 50.6 Å². The second-order valence-corrected chi connectivity index (χ2v) is 5.91. The van der Waals surface area contributed by atoms with Crippen LogP contribution in [0.15, 0.2) is 18.2 Å². The van der Waals surface area contributed by atoms with Gasteiger partial charge in [0.2, 0.25) is 0 Å². The summed E-state index contributed by atoms with van der Waals surface area (Å²) in [6.45, 7) is 9.18. The van der Waals surface area contributed by atoms with Crippen molar-refractivity contribution in [2.75, 3.05) is 32.8 Å². The van der Waals surface area contributed by atoms with E-state index in [4.69, 9.17) is 9.47 Å². The molecule has 4 nitrogen and oxygen atoms in total. The molecule has 1 fully saturated rings. The van der Waals surface area contributed by atoms with Crippen LogP contribution in [0.4, 0.5) is 0 Å². The number of hydrogen-bond donors (Lipinski definition) is 1. The van der Waals surface area contributed by atoms with E-state index in [2.05, 4.69) is 36.2 Å². The highest BCUT2D eigenvalue weighted by Crippen LogP contribution is 2.34. The molecule has 0 bridgehead atoms. The molecule has 0 aromatic heterocycles. The highest BCUT2D eigenvalue weighted by molar-refractivity contribution is 5.44. The fraction of sp³-hybridized carbons (Fsp3) is 0.647. The van der Waals surface area contributed by atoms with Gasteiger partial charge in [0, 0.05) is 18.6 Å². The largest absolute Gasteiger partial charge is 0.486 e. The molecule has 0 saturated carbocycles. The number of hydrogen-bond acceptors (Lipinski definition) is 4. The predicted molar refractivity (Wildman–Crippen MR) is 84.1 cm³/mol. The molecule has 2 aliphatic rings. The summed E-state index contributed by atoms with van der Waals surface area (Å²) in [5, 5.41) is 3.52. The Bertz CT molecular complexity index is 472. The molecule has 0 radical (unpaired) electrons. The molecule has 0 aliphatic carbocycles. The summed E-state index contributed by atoms with van der Waals surface area (Å²) >= 11 is 0. The van der Waals surface area contributed by atoms with Gasteiger partial charge >= 0.3 is 0 Å². The Morgan fingerprint density at radius 1 is 1.29 bits per heavy atom. The number of nitrogens with zero attached hydrogens (tertiary/aromatic N) is 1. The van der Waals surface area contributed by atoms with Gasteiger partial charge in [-0.1, -0.05) is 13.0 Å². The van der Waals surface area contributed by atoms with Crippen LogP contribution in [0.2, 0.25) is 0 Å². The van der Waals surface area contributed by atoms with Crippen molar-refractivity contribution in [1.29, 1.82) is 0 Å². The van der Waals surface area contributed by atoms with Crippen LogP contribution >= 0.6 is 0 Å². The first kappa shape index (κ1) is 14.7. The summed E-state index contributed by atoms with van der Waals surface area (Å²) in [4.78, 5) is 2.59. The third kappa shape index (κ3) is 3.16. The minimum Gasteiger partial charge on any atom is -0.486 e. The van der Waals surface area contributed by atoms with Crippen molar-refractivity contribution < 1.29 is 9.47 Å². The van der Waals surface area contributed by atoms with E-state index in [9.17, 15) is 0 Å². The van der Waals surface area contributed by atoms with Gasteiger partial charge in [-0.2, -0.15) is 0 Å². The molecule has 2 unspecified atom stereocenters. The van der Waals surface area contributed by atoms with Gasteiger partial charge in [0.1, 0.15) is 13.2 Å². The van der Waals surface area contributed by atoms with Crippen LogP contribution < -0.4 is 14.8 Å². The van der Waals surface area contributed by atoms with E-state index in [1.54, 1.807) is 0 Å². The summed E-state index contributed by atoms with van der Waals surface area (Å²) < 4.78 is 11.3. The lowest BCUT2D eigenvalue weighted by Gasteiger charge is -2.38. The zero-order valence-corrected chi connectivity index (χ0v) is 13.1. The quantitative estimate of drug-likeness (QED) is 0.924. The number of fused-ring (bicyclic) bond motifs is 1. The second kappa shape index (κ2) is 6.67. The lowest BCUT2D eigenvalue weighted by molar-refractivity contribution is 0.127. The first-order valence-electron chi connectivity index (χ1n) is 8.15. The number of piperidine rings is 1. The molecular weight excluding hydrogens is 264 g/mol. The van der Waals surface area contributed by atoms with Crippen molar-refractivity contribution in [2.45, 2.75) is 38.8 Å². The van der Waals surface area contributed by atoms with Crippen LogP contribution in [0.1, 0.15) is 38.3 Å². The SMILES string of the molecule is CCN(C1CCCNC1)C(C)c1ccc2c(c1)OCCO2. The second-order valence-electron chi connectivity index (χ2n) is 5.91. The van der Waals surface area contributed by atoms with Crippen molar-refractivity contribution in [2.24, 2.45) is 0 Å². The van der Waals surface area contributed by atoms with Crippen molar-refractivity contribution >= 4 is 0 Å². The maximum atomic E-state index is 5.72. The van der Waals surface area contributed by atoms with Crippen molar-refractivity contribution in [3.8, 4) is 11.5 Å². The molecule has 4 heteroatoms. The number of ether oxygens (including phenoxy) is 2. The van der Waals surface area contributed by atoms with Crippen LogP contribution in [-0.2, 0) is 0 Å². The zero-order valence-electron chi connectivity index (χ0n) is 13.1. The van der Waals surface area contributed by atoms with E-state index >= 15 is 0 Å². The van der Waals surface area contributed by atoms with Gasteiger partial charge in [-0.15, -0.1) is 0 Å². The van der Waals surface area contributed by atoms with Crippen LogP contribution in [-0.4, -0.2) is 43.8 Å². The molecule has 2 aliphatic heterocycles. The molecule has 1 N–H and O–H groups in total. The molecule has 21 heavy (non-hydrogen) atoms. The Labute approximate surface area is 127 Å². The van der Waals surface area contributed by atoms with E-state index in [1.165, 1.54) is 18.4 Å². The standard InChI is InChI=1S/C17H26N2O2/c1-3-19(15-5-4-8-18-12-15)13(2)14-6-7-16-17(11-14)21-10-9-20-16/h6-7,11,13,15,18H,3-5,8-10,12H2,1-2H3. The van der Waals surface area contributed by atoms with E-state index < -0.39 is 0 Å². The summed E-state index contributed by atoms with van der Waals surface area (Å²) in [6, 6.07) is 7.41. The third-order valence-corrected chi connectivity index (χ3v) is 4.65. The smallest absolute Gasteiger partial charge is 0.161 e. The fourth-order valence-corrected chi connectivity index (χ4v) is 3.48. The molecule has 0 amide bonds. The number of benzene rings is 1. The van der Waals surface area contributed by atoms with Crippen LogP contribution in [0.3, 0.4) is 0 Å². The zero-order chi connectivity index (χ0) is 14.7. The maximum Gasteiger partial charge on any atom is 0.161 e. The Balaban J connectivity index is 1.77. The topological polar surface area (TPSA) is 33.7 Å². The lowest BCUT2D eigenvalue weighted by Crippen LogP contribution is -2.46. The molecular formula is C17H26N2O2. The van der Waals surface area contributed by atoms with E-state index in [-0.39, 0.29) is 0 Å². The summed E-state index contributed by atoms with van der Waals surface area (Å²) in [7, 11) is 0. The van der Waals surface area contributed by atoms with E-state index in [0.29, 0.717) is 25.3 Å². The van der Waals surface area contributed by atoms with Gasteiger partial charge in [0.15, 0.2) is 11.5 Å². The lowest BCUT2D eigenvalue weighted by atomic mass is 10.00. The van der Waals surface area contributed by atoms with Gasteiger partial charge in [-0.25, -0.2) is 0 Å². The van der Waals surface area contributed by atoms with Gasteiger partial charge < -0.3 is 14.8 Å². The fourth-order valence-electron chi connectivity index (χ4n) is 3.48. The molecule has 0 spiro atoms. The molecule has 1 saturated heterocycles. The van der Waals surface area contributed by atoms with Crippen LogP contribution in [0.25, 0.3) is 0 Å². The van der Waals surface area contributed by atoms with Crippen molar-refractivity contribution in [1.82, 2.24) is 10.2 Å². The molecule has 1 aromatic rings. The minimum absolute atomic E-state index is 0.399. The summed E-state index contributed by atoms with van der Waals surface area (Å²) in [6.07, 6.45) is 2.56. The highest BCUT2D eigenvalue weighted by Gasteiger charge is 2.25. The number of nitrogens with one attached hydrogen (secondary N) is 1. The van der Waals surface area contributed by atoms with Crippen molar-refractivity contribution in [3.05, 3.63) is 23.8 Å². The van der Waals surface area contributed by atoms with E-state index in [1.807, 2.05) is 6.07 Å². The average Bonchev–Trinajstić information content (AvgIpc) is 2.56. The van der Waals surface area contributed by atoms with Gasteiger partial charge in [0.25, 0.3) is 0 Å².